The lowest BCUT2D eigenvalue weighted by Crippen LogP contribution is -2.44. The molecule has 1 aromatic rings. The van der Waals surface area contributed by atoms with Gasteiger partial charge in [-0.05, 0) is 60.8 Å². The van der Waals surface area contributed by atoms with E-state index in [1.54, 1.807) is 6.42 Å². The minimum Gasteiger partial charge on any atom is -0.313 e. The first-order valence-electron chi connectivity index (χ1n) is 8.42. The molecular formula is C18H27NS. The van der Waals surface area contributed by atoms with Crippen LogP contribution >= 0.6 is 11.3 Å². The first-order chi connectivity index (χ1) is 9.65. The van der Waals surface area contributed by atoms with Crippen molar-refractivity contribution in [3.8, 4) is 0 Å². The lowest BCUT2D eigenvalue weighted by Gasteiger charge is -2.34. The summed E-state index contributed by atoms with van der Waals surface area (Å²) in [5, 5.41) is 6.17. The van der Waals surface area contributed by atoms with Gasteiger partial charge in [-0.25, -0.2) is 0 Å². The number of fused-ring (bicyclic) bond motifs is 5. The molecule has 2 bridgehead atoms. The number of thiophene rings is 1. The number of hydrogen-bond acceptors (Lipinski definition) is 2. The maximum Gasteiger partial charge on any atom is 0.0115 e. The van der Waals surface area contributed by atoms with Crippen LogP contribution < -0.4 is 5.32 Å². The lowest BCUT2D eigenvalue weighted by molar-refractivity contribution is 0.203. The van der Waals surface area contributed by atoms with Gasteiger partial charge in [-0.3, -0.25) is 0 Å². The fraction of sp³-hybridized carbons (Fsp3) is 0.778. The molecule has 3 aliphatic rings. The Morgan fingerprint density at radius 2 is 2.05 bits per heavy atom. The van der Waals surface area contributed by atoms with E-state index in [1.807, 2.05) is 11.3 Å². The molecule has 5 unspecified atom stereocenters. The third-order valence-electron chi connectivity index (χ3n) is 6.42. The summed E-state index contributed by atoms with van der Waals surface area (Å²) < 4.78 is 0. The van der Waals surface area contributed by atoms with Gasteiger partial charge in [0.05, 0.1) is 0 Å². The van der Waals surface area contributed by atoms with E-state index in [2.05, 4.69) is 36.7 Å². The Morgan fingerprint density at radius 1 is 1.20 bits per heavy atom. The van der Waals surface area contributed by atoms with Gasteiger partial charge in [-0.1, -0.05) is 26.3 Å². The summed E-state index contributed by atoms with van der Waals surface area (Å²) in [5.41, 5.74) is 0.283. The van der Waals surface area contributed by atoms with Gasteiger partial charge in [0, 0.05) is 22.9 Å². The Labute approximate surface area is 127 Å². The zero-order chi connectivity index (χ0) is 13.7. The average Bonchev–Trinajstić information content (AvgIpc) is 3.15. The SMILES string of the molecule is CC(C)(CNC1CC2CC1C1CCCC21)c1cccs1. The Morgan fingerprint density at radius 3 is 2.85 bits per heavy atom. The van der Waals surface area contributed by atoms with E-state index in [1.165, 1.54) is 30.6 Å². The van der Waals surface area contributed by atoms with Crippen molar-refractivity contribution >= 4 is 11.3 Å². The number of hydrogen-bond donors (Lipinski definition) is 1. The summed E-state index contributed by atoms with van der Waals surface area (Å²) in [6, 6.07) is 5.29. The first kappa shape index (κ1) is 13.3. The van der Waals surface area contributed by atoms with E-state index in [9.17, 15) is 0 Å². The summed E-state index contributed by atoms with van der Waals surface area (Å²) in [6.45, 7) is 5.91. The lowest BCUT2D eigenvalue weighted by atomic mass is 9.78. The van der Waals surface area contributed by atoms with Crippen molar-refractivity contribution in [2.75, 3.05) is 6.54 Å². The molecule has 0 spiro atoms. The molecule has 1 nitrogen and oxygen atoms in total. The van der Waals surface area contributed by atoms with E-state index in [4.69, 9.17) is 0 Å². The molecule has 110 valence electrons. The first-order valence-corrected chi connectivity index (χ1v) is 9.30. The standard InChI is InChI=1S/C18H27NS/c1-18(2,17-7-4-8-20-17)11-19-16-10-12-9-15(16)14-6-3-5-13(12)14/h4,7-8,12-16,19H,3,5-6,9-11H2,1-2H3. The van der Waals surface area contributed by atoms with Gasteiger partial charge in [0.25, 0.3) is 0 Å². The van der Waals surface area contributed by atoms with Crippen LogP contribution in [0, 0.1) is 23.7 Å². The Bertz CT molecular complexity index is 464. The maximum atomic E-state index is 3.96. The highest BCUT2D eigenvalue weighted by molar-refractivity contribution is 7.10. The van der Waals surface area contributed by atoms with Crippen molar-refractivity contribution in [1.29, 1.82) is 0 Å². The van der Waals surface area contributed by atoms with Crippen LogP contribution in [0.3, 0.4) is 0 Å². The molecule has 0 saturated heterocycles. The van der Waals surface area contributed by atoms with Gasteiger partial charge >= 0.3 is 0 Å². The summed E-state index contributed by atoms with van der Waals surface area (Å²) in [7, 11) is 0. The van der Waals surface area contributed by atoms with Crippen molar-refractivity contribution in [2.24, 2.45) is 23.7 Å². The highest BCUT2D eigenvalue weighted by Gasteiger charge is 2.53. The summed E-state index contributed by atoms with van der Waals surface area (Å²) in [5.74, 6) is 4.26. The quantitative estimate of drug-likeness (QED) is 0.864. The van der Waals surface area contributed by atoms with Crippen LogP contribution in [0.15, 0.2) is 17.5 Å². The van der Waals surface area contributed by atoms with E-state index in [0.29, 0.717) is 0 Å². The van der Waals surface area contributed by atoms with Crippen molar-refractivity contribution in [3.05, 3.63) is 22.4 Å². The van der Waals surface area contributed by atoms with Crippen LogP contribution in [0.2, 0.25) is 0 Å². The van der Waals surface area contributed by atoms with Gasteiger partial charge in [0.1, 0.15) is 0 Å². The predicted molar refractivity (Wildman–Crippen MR) is 86.2 cm³/mol. The molecule has 1 N–H and O–H groups in total. The van der Waals surface area contributed by atoms with E-state index < -0.39 is 0 Å². The van der Waals surface area contributed by atoms with Crippen LogP contribution in [-0.4, -0.2) is 12.6 Å². The van der Waals surface area contributed by atoms with Crippen molar-refractivity contribution in [3.63, 3.8) is 0 Å². The Kier molecular flexibility index (Phi) is 3.23. The van der Waals surface area contributed by atoms with Crippen molar-refractivity contribution in [2.45, 2.75) is 57.4 Å². The van der Waals surface area contributed by atoms with Gasteiger partial charge in [-0.2, -0.15) is 0 Å². The van der Waals surface area contributed by atoms with Gasteiger partial charge in [-0.15, -0.1) is 11.3 Å². The average molecular weight is 289 g/mol. The molecule has 0 radical (unpaired) electrons. The number of rotatable bonds is 4. The topological polar surface area (TPSA) is 12.0 Å². The highest BCUT2D eigenvalue weighted by Crippen LogP contribution is 2.58. The van der Waals surface area contributed by atoms with E-state index in [-0.39, 0.29) is 5.41 Å². The fourth-order valence-electron chi connectivity index (χ4n) is 5.44. The second-order valence-electron chi connectivity index (χ2n) is 8.00. The van der Waals surface area contributed by atoms with Crippen LogP contribution in [0.4, 0.5) is 0 Å². The fourth-order valence-corrected chi connectivity index (χ4v) is 6.29. The molecule has 20 heavy (non-hydrogen) atoms. The van der Waals surface area contributed by atoms with Crippen LogP contribution in [-0.2, 0) is 5.41 Å². The molecule has 2 heteroatoms. The molecule has 3 saturated carbocycles. The molecule has 0 aromatic carbocycles. The van der Waals surface area contributed by atoms with Crippen LogP contribution in [0.5, 0.6) is 0 Å². The zero-order valence-electron chi connectivity index (χ0n) is 12.8. The third-order valence-corrected chi connectivity index (χ3v) is 7.66. The molecule has 4 rings (SSSR count). The predicted octanol–water partition coefficient (Wildman–Crippen LogP) is 4.44. The monoisotopic (exact) mass is 289 g/mol. The van der Waals surface area contributed by atoms with Crippen LogP contribution in [0.1, 0.15) is 50.8 Å². The minimum atomic E-state index is 0.283. The third kappa shape index (κ3) is 2.07. The Balaban J connectivity index is 1.39. The maximum absolute atomic E-state index is 3.96. The van der Waals surface area contributed by atoms with Crippen molar-refractivity contribution in [1.82, 2.24) is 5.32 Å². The Hall–Kier alpha value is -0.340. The number of nitrogens with one attached hydrogen (secondary N) is 1. The molecule has 3 fully saturated rings. The minimum absolute atomic E-state index is 0.283. The summed E-state index contributed by atoms with van der Waals surface area (Å²) in [6.07, 6.45) is 7.58. The highest BCUT2D eigenvalue weighted by atomic mass is 32.1. The van der Waals surface area contributed by atoms with E-state index >= 15 is 0 Å². The van der Waals surface area contributed by atoms with Gasteiger partial charge < -0.3 is 5.32 Å². The van der Waals surface area contributed by atoms with Gasteiger partial charge in [0.15, 0.2) is 0 Å². The molecule has 0 aliphatic heterocycles. The molecule has 5 atom stereocenters. The zero-order valence-corrected chi connectivity index (χ0v) is 13.6. The van der Waals surface area contributed by atoms with E-state index in [0.717, 1.165) is 36.3 Å². The van der Waals surface area contributed by atoms with Crippen LogP contribution in [0.25, 0.3) is 0 Å². The second kappa shape index (κ2) is 4.84. The molecule has 3 aliphatic carbocycles. The molecule has 0 amide bonds. The second-order valence-corrected chi connectivity index (χ2v) is 8.95. The smallest absolute Gasteiger partial charge is 0.0115 e. The van der Waals surface area contributed by atoms with Crippen molar-refractivity contribution < 1.29 is 0 Å². The normalized spacial score (nSPS) is 39.4. The summed E-state index contributed by atoms with van der Waals surface area (Å²) in [4.78, 5) is 1.52. The molecule has 1 aromatic heterocycles. The molecule has 1 heterocycles. The van der Waals surface area contributed by atoms with Gasteiger partial charge in [0.2, 0.25) is 0 Å². The largest absolute Gasteiger partial charge is 0.313 e. The molecular weight excluding hydrogens is 262 g/mol. The summed E-state index contributed by atoms with van der Waals surface area (Å²) >= 11 is 1.90.